The molecule has 0 aromatic rings. The zero-order valence-electron chi connectivity index (χ0n) is 50.6. The van der Waals surface area contributed by atoms with E-state index < -0.39 is 0 Å². The molecule has 0 saturated carbocycles. The zero-order valence-corrected chi connectivity index (χ0v) is 50.6. The molecule has 0 amide bonds. The first-order valence-corrected chi connectivity index (χ1v) is 34.7. The minimum Gasteiger partial charge on any atom is -0.0654 e. The number of unbranched alkanes of at least 4 members (excludes halogenated alkanes) is 53. The molecule has 0 aliphatic rings. The fourth-order valence-electron chi connectivity index (χ4n) is 12.8. The third-order valence-corrected chi connectivity index (χ3v) is 17.8. The lowest BCUT2D eigenvalue weighted by atomic mass is 9.62. The standard InChI is InChI=1S/C70H142/c1-6-11-16-21-26-31-35-38-40-44-48-53-58-63-68-70(66-61-56-51-30-25-20-15-10-5,67-62-57-52-47-43-39-36-32-27-22-17-12-7-2)69(64-59-54-49-45-41-34-29-24-19-14-9-4)65-60-55-50-46-42-37-33-28-23-18-13-8-3/h69H,6-68H2,1-5H3. The van der Waals surface area contributed by atoms with Gasteiger partial charge in [-0.3, -0.25) is 0 Å². The van der Waals surface area contributed by atoms with E-state index in [1.807, 2.05) is 0 Å². The van der Waals surface area contributed by atoms with Gasteiger partial charge in [-0.15, -0.1) is 0 Å². The van der Waals surface area contributed by atoms with Crippen LogP contribution in [0.1, 0.15) is 439 Å². The lowest BCUT2D eigenvalue weighted by molar-refractivity contribution is 0.0813. The normalized spacial score (nSPS) is 13.2. The van der Waals surface area contributed by atoms with Crippen LogP contribution in [0.2, 0.25) is 0 Å². The summed E-state index contributed by atoms with van der Waals surface area (Å²) >= 11 is 0. The van der Waals surface area contributed by atoms with Crippen LogP contribution in [0, 0.1) is 11.3 Å². The minimum atomic E-state index is 0.618. The summed E-state index contributed by atoms with van der Waals surface area (Å²) in [5, 5.41) is 0. The smallest absolute Gasteiger partial charge is 0.0269 e. The lowest BCUT2D eigenvalue weighted by Gasteiger charge is -2.43. The Morgan fingerprint density at radius 3 is 0.443 bits per heavy atom. The second kappa shape index (κ2) is 61.5. The Morgan fingerprint density at radius 1 is 0.157 bits per heavy atom. The van der Waals surface area contributed by atoms with Gasteiger partial charge in [-0.25, -0.2) is 0 Å². The second-order valence-electron chi connectivity index (χ2n) is 24.6. The van der Waals surface area contributed by atoms with Gasteiger partial charge in [-0.1, -0.05) is 407 Å². The topological polar surface area (TPSA) is 0 Å². The van der Waals surface area contributed by atoms with Gasteiger partial charge in [0.15, 0.2) is 0 Å². The van der Waals surface area contributed by atoms with Crippen molar-refractivity contribution >= 4 is 0 Å². The third kappa shape index (κ3) is 51.5. The maximum atomic E-state index is 2.37. The highest BCUT2D eigenvalue weighted by Gasteiger charge is 2.36. The molecular weight excluding hydrogens is 841 g/mol. The van der Waals surface area contributed by atoms with Crippen molar-refractivity contribution in [2.75, 3.05) is 0 Å². The Morgan fingerprint density at radius 2 is 0.286 bits per heavy atom. The molecule has 0 rings (SSSR count). The first-order valence-electron chi connectivity index (χ1n) is 34.7. The molecule has 0 heteroatoms. The summed E-state index contributed by atoms with van der Waals surface area (Å²) in [4.78, 5) is 0. The van der Waals surface area contributed by atoms with E-state index in [1.54, 1.807) is 32.1 Å². The van der Waals surface area contributed by atoms with Crippen molar-refractivity contribution in [3.05, 3.63) is 0 Å². The summed E-state index contributed by atoms with van der Waals surface area (Å²) in [7, 11) is 0. The van der Waals surface area contributed by atoms with Crippen LogP contribution in [-0.2, 0) is 0 Å². The van der Waals surface area contributed by atoms with Crippen molar-refractivity contribution in [1.82, 2.24) is 0 Å². The Balaban J connectivity index is 5.76. The largest absolute Gasteiger partial charge is 0.0654 e. The summed E-state index contributed by atoms with van der Waals surface area (Å²) in [6, 6.07) is 0. The van der Waals surface area contributed by atoms with Crippen molar-refractivity contribution in [1.29, 1.82) is 0 Å². The van der Waals surface area contributed by atoms with E-state index in [0.717, 1.165) is 5.92 Å². The van der Waals surface area contributed by atoms with Crippen LogP contribution in [0.3, 0.4) is 0 Å². The van der Waals surface area contributed by atoms with E-state index in [2.05, 4.69) is 34.6 Å². The molecule has 0 aromatic heterocycles. The van der Waals surface area contributed by atoms with Crippen molar-refractivity contribution in [2.45, 2.75) is 439 Å². The highest BCUT2D eigenvalue weighted by atomic mass is 14.4. The summed E-state index contributed by atoms with van der Waals surface area (Å²) in [6.45, 7) is 11.8. The van der Waals surface area contributed by atoms with Gasteiger partial charge in [0.1, 0.15) is 0 Å². The Hall–Kier alpha value is 0. The molecule has 0 bridgehead atoms. The SMILES string of the molecule is CCCCCCCCCCCCCCCCC(CCCCCCCCCC)(CCCCCCCCCCCCCCC)C(CCCCCCCCCCCCC)CCCCCCCCCCCCCC. The van der Waals surface area contributed by atoms with Gasteiger partial charge >= 0.3 is 0 Å². The highest BCUT2D eigenvalue weighted by Crippen LogP contribution is 2.48. The Labute approximate surface area is 448 Å². The van der Waals surface area contributed by atoms with Gasteiger partial charge in [0.25, 0.3) is 0 Å². The van der Waals surface area contributed by atoms with E-state index in [-0.39, 0.29) is 0 Å². The highest BCUT2D eigenvalue weighted by molar-refractivity contribution is 4.87. The first-order chi connectivity index (χ1) is 34.7. The van der Waals surface area contributed by atoms with Gasteiger partial charge in [-0.05, 0) is 43.4 Å². The second-order valence-corrected chi connectivity index (χ2v) is 24.6. The minimum absolute atomic E-state index is 0.618. The van der Waals surface area contributed by atoms with E-state index >= 15 is 0 Å². The van der Waals surface area contributed by atoms with E-state index in [0.29, 0.717) is 5.41 Å². The molecule has 0 heterocycles. The quantitative estimate of drug-likeness (QED) is 0.0533. The molecular formula is C70H142. The molecule has 70 heavy (non-hydrogen) atoms. The average molecular weight is 984 g/mol. The molecule has 0 aliphatic carbocycles. The molecule has 0 aromatic carbocycles. The van der Waals surface area contributed by atoms with Crippen LogP contribution in [0.4, 0.5) is 0 Å². The van der Waals surface area contributed by atoms with Gasteiger partial charge < -0.3 is 0 Å². The molecule has 2 atom stereocenters. The maximum Gasteiger partial charge on any atom is -0.0269 e. The summed E-state index contributed by atoms with van der Waals surface area (Å²) in [6.07, 6.45) is 93.7. The molecule has 422 valence electrons. The molecule has 0 fully saturated rings. The molecule has 2 unspecified atom stereocenters. The summed E-state index contributed by atoms with van der Waals surface area (Å²) in [5.41, 5.74) is 0.618. The predicted octanol–water partition coefficient (Wildman–Crippen LogP) is 27.3. The molecule has 0 spiro atoms. The van der Waals surface area contributed by atoms with Gasteiger partial charge in [0.05, 0.1) is 0 Å². The Kier molecular flexibility index (Phi) is 61.5. The molecule has 0 nitrogen and oxygen atoms in total. The number of hydrogen-bond acceptors (Lipinski definition) is 0. The fourth-order valence-corrected chi connectivity index (χ4v) is 12.8. The lowest BCUT2D eigenvalue weighted by Crippen LogP contribution is -2.32. The summed E-state index contributed by atoms with van der Waals surface area (Å²) in [5.74, 6) is 0.984. The van der Waals surface area contributed by atoms with Crippen molar-refractivity contribution in [3.63, 3.8) is 0 Å². The van der Waals surface area contributed by atoms with Crippen molar-refractivity contribution in [3.8, 4) is 0 Å². The van der Waals surface area contributed by atoms with Crippen molar-refractivity contribution in [2.24, 2.45) is 11.3 Å². The van der Waals surface area contributed by atoms with Gasteiger partial charge in [-0.2, -0.15) is 0 Å². The van der Waals surface area contributed by atoms with Gasteiger partial charge in [0.2, 0.25) is 0 Å². The average Bonchev–Trinajstić information content (AvgIpc) is 3.37. The van der Waals surface area contributed by atoms with Crippen LogP contribution in [0.25, 0.3) is 0 Å². The predicted molar refractivity (Wildman–Crippen MR) is 325 cm³/mol. The molecule has 0 radical (unpaired) electrons. The van der Waals surface area contributed by atoms with Gasteiger partial charge in [0, 0.05) is 0 Å². The van der Waals surface area contributed by atoms with Crippen LogP contribution in [-0.4, -0.2) is 0 Å². The Bertz CT molecular complexity index is 888. The van der Waals surface area contributed by atoms with Crippen LogP contribution >= 0.6 is 0 Å². The van der Waals surface area contributed by atoms with Crippen LogP contribution in [0.5, 0.6) is 0 Å². The monoisotopic (exact) mass is 983 g/mol. The first kappa shape index (κ1) is 70.0. The third-order valence-electron chi connectivity index (χ3n) is 17.8. The summed E-state index contributed by atoms with van der Waals surface area (Å²) < 4.78 is 0. The number of rotatable bonds is 64. The van der Waals surface area contributed by atoms with Crippen LogP contribution in [0.15, 0.2) is 0 Å². The maximum absolute atomic E-state index is 2.37. The zero-order chi connectivity index (χ0) is 50.6. The molecule has 0 N–H and O–H groups in total. The molecule has 0 aliphatic heterocycles. The van der Waals surface area contributed by atoms with Crippen molar-refractivity contribution < 1.29 is 0 Å². The molecule has 0 saturated heterocycles. The van der Waals surface area contributed by atoms with E-state index in [1.165, 1.54) is 372 Å². The fraction of sp³-hybridized carbons (Fsp3) is 1.00. The van der Waals surface area contributed by atoms with E-state index in [9.17, 15) is 0 Å². The van der Waals surface area contributed by atoms with E-state index in [4.69, 9.17) is 0 Å². The number of hydrogen-bond donors (Lipinski definition) is 0. The van der Waals surface area contributed by atoms with Crippen LogP contribution < -0.4 is 0 Å².